The van der Waals surface area contributed by atoms with Gasteiger partial charge < -0.3 is 9.64 Å². The van der Waals surface area contributed by atoms with Crippen LogP contribution in [-0.4, -0.2) is 54.6 Å². The lowest BCUT2D eigenvalue weighted by molar-refractivity contribution is -0.140. The van der Waals surface area contributed by atoms with Crippen LogP contribution in [0, 0.1) is 0 Å². The number of ether oxygens (including phenoxy) is 1. The summed E-state index contributed by atoms with van der Waals surface area (Å²) < 4.78 is 5.44. The van der Waals surface area contributed by atoms with Gasteiger partial charge in [0.25, 0.3) is 0 Å². The zero-order chi connectivity index (χ0) is 17.2. The molecule has 0 aliphatic carbocycles. The molecule has 5 heteroatoms. The third-order valence-electron chi connectivity index (χ3n) is 5.32. The van der Waals surface area contributed by atoms with E-state index >= 15 is 0 Å². The van der Waals surface area contributed by atoms with Crippen LogP contribution in [0.15, 0.2) is 41.8 Å². The second-order valence-electron chi connectivity index (χ2n) is 6.72. The average Bonchev–Trinajstić information content (AvgIpc) is 3.16. The van der Waals surface area contributed by atoms with Gasteiger partial charge in [-0.2, -0.15) is 0 Å². The molecule has 1 amide bonds. The molecule has 1 aromatic heterocycles. The summed E-state index contributed by atoms with van der Waals surface area (Å²) in [7, 11) is 0. The van der Waals surface area contributed by atoms with E-state index in [2.05, 4.69) is 45.5 Å². The van der Waals surface area contributed by atoms with E-state index in [-0.39, 0.29) is 18.0 Å². The summed E-state index contributed by atoms with van der Waals surface area (Å²) in [6, 6.07) is 12.5. The van der Waals surface area contributed by atoms with Crippen molar-refractivity contribution in [3.8, 4) is 0 Å². The maximum absolute atomic E-state index is 13.4. The van der Waals surface area contributed by atoms with Crippen molar-refractivity contribution in [1.82, 2.24) is 9.80 Å². The molecule has 132 valence electrons. The van der Waals surface area contributed by atoms with E-state index in [0.717, 1.165) is 26.1 Å². The Labute approximate surface area is 153 Å². The van der Waals surface area contributed by atoms with Gasteiger partial charge in [0.1, 0.15) is 0 Å². The second-order valence-corrected chi connectivity index (χ2v) is 7.72. The molecule has 0 bridgehead atoms. The lowest BCUT2D eigenvalue weighted by atomic mass is 9.92. The molecule has 25 heavy (non-hydrogen) atoms. The number of thiophene rings is 1. The monoisotopic (exact) mass is 356 g/mol. The predicted octanol–water partition coefficient (Wildman–Crippen LogP) is 2.94. The molecule has 2 aliphatic heterocycles. The highest BCUT2D eigenvalue weighted by atomic mass is 32.1. The number of carbonyl (C=O) groups is 1. The maximum Gasteiger partial charge on any atom is 0.240 e. The van der Waals surface area contributed by atoms with Crippen molar-refractivity contribution in [3.63, 3.8) is 0 Å². The molecule has 0 spiro atoms. The Bertz CT molecular complexity index is 724. The Morgan fingerprint density at radius 2 is 1.92 bits per heavy atom. The molecule has 2 aliphatic rings. The van der Waals surface area contributed by atoms with Gasteiger partial charge in [-0.15, -0.1) is 11.3 Å². The van der Waals surface area contributed by atoms with Crippen LogP contribution >= 0.6 is 11.3 Å². The normalized spacial score (nSPS) is 22.4. The van der Waals surface area contributed by atoms with Crippen LogP contribution < -0.4 is 0 Å². The number of fused-ring (bicyclic) bond motifs is 1. The van der Waals surface area contributed by atoms with Gasteiger partial charge in [-0.3, -0.25) is 9.69 Å². The van der Waals surface area contributed by atoms with Crippen molar-refractivity contribution >= 4 is 17.2 Å². The molecule has 2 atom stereocenters. The number of carbonyl (C=O) groups excluding carboxylic acids is 1. The molecule has 1 fully saturated rings. The summed E-state index contributed by atoms with van der Waals surface area (Å²) in [5.41, 5.74) is 2.49. The summed E-state index contributed by atoms with van der Waals surface area (Å²) in [5.74, 6) is 0.229. The fourth-order valence-electron chi connectivity index (χ4n) is 3.91. The number of nitrogens with zero attached hydrogens (tertiary/aromatic N) is 2. The Balaban J connectivity index is 1.64. The first-order valence-electron chi connectivity index (χ1n) is 8.99. The molecule has 4 rings (SSSR count). The van der Waals surface area contributed by atoms with Gasteiger partial charge in [-0.1, -0.05) is 30.3 Å². The van der Waals surface area contributed by atoms with Gasteiger partial charge in [0.2, 0.25) is 5.91 Å². The highest BCUT2D eigenvalue weighted by molar-refractivity contribution is 7.10. The van der Waals surface area contributed by atoms with Crippen LogP contribution in [0.25, 0.3) is 0 Å². The van der Waals surface area contributed by atoms with E-state index in [1.807, 2.05) is 24.3 Å². The molecule has 2 aromatic rings. The molecular formula is C20H24N2O2S. The summed E-state index contributed by atoms with van der Waals surface area (Å²) in [6.07, 6.45) is 0.956. The molecule has 0 saturated carbocycles. The highest BCUT2D eigenvalue weighted by Crippen LogP contribution is 2.38. The molecule has 4 nitrogen and oxygen atoms in total. The summed E-state index contributed by atoms with van der Waals surface area (Å²) >= 11 is 1.81. The largest absolute Gasteiger partial charge is 0.379 e. The molecule has 0 N–H and O–H groups in total. The van der Waals surface area contributed by atoms with Gasteiger partial charge in [0.05, 0.1) is 25.3 Å². The molecule has 0 radical (unpaired) electrons. The van der Waals surface area contributed by atoms with Gasteiger partial charge in [0.15, 0.2) is 0 Å². The van der Waals surface area contributed by atoms with E-state index < -0.39 is 0 Å². The minimum absolute atomic E-state index is 0.0344. The average molecular weight is 356 g/mol. The van der Waals surface area contributed by atoms with Gasteiger partial charge >= 0.3 is 0 Å². The SMILES string of the molecule is C[C@H](C(=O)N1CCc2sccc2[C@H]1c1ccccc1)N1CCOCC1. The van der Waals surface area contributed by atoms with Gasteiger partial charge in [0, 0.05) is 24.5 Å². The minimum atomic E-state index is -0.102. The van der Waals surface area contributed by atoms with Crippen LogP contribution in [0.2, 0.25) is 0 Å². The first-order chi connectivity index (χ1) is 12.3. The van der Waals surface area contributed by atoms with Crippen LogP contribution in [0.3, 0.4) is 0 Å². The number of amides is 1. The molecule has 1 saturated heterocycles. The number of hydrogen-bond acceptors (Lipinski definition) is 4. The number of benzene rings is 1. The van der Waals surface area contributed by atoms with Crippen LogP contribution in [-0.2, 0) is 16.0 Å². The third kappa shape index (κ3) is 3.24. The second kappa shape index (κ2) is 7.28. The van der Waals surface area contributed by atoms with Gasteiger partial charge in [-0.05, 0) is 35.9 Å². The minimum Gasteiger partial charge on any atom is -0.379 e. The zero-order valence-corrected chi connectivity index (χ0v) is 15.4. The smallest absolute Gasteiger partial charge is 0.240 e. The Hall–Kier alpha value is -1.69. The van der Waals surface area contributed by atoms with Crippen molar-refractivity contribution in [3.05, 3.63) is 57.8 Å². The fourth-order valence-corrected chi connectivity index (χ4v) is 4.81. The van der Waals surface area contributed by atoms with E-state index in [1.54, 1.807) is 0 Å². The van der Waals surface area contributed by atoms with E-state index in [1.165, 1.54) is 16.0 Å². The van der Waals surface area contributed by atoms with Crippen molar-refractivity contribution in [1.29, 1.82) is 0 Å². The fraction of sp³-hybridized carbons (Fsp3) is 0.450. The predicted molar refractivity (Wildman–Crippen MR) is 99.9 cm³/mol. The molecule has 1 aromatic carbocycles. The number of hydrogen-bond donors (Lipinski definition) is 0. The molecular weight excluding hydrogens is 332 g/mol. The first kappa shape index (κ1) is 16.8. The number of morpholine rings is 1. The van der Waals surface area contributed by atoms with Crippen molar-refractivity contribution in [2.45, 2.75) is 25.4 Å². The van der Waals surface area contributed by atoms with E-state index in [4.69, 9.17) is 4.74 Å². The van der Waals surface area contributed by atoms with Crippen molar-refractivity contribution < 1.29 is 9.53 Å². The first-order valence-corrected chi connectivity index (χ1v) is 9.87. The maximum atomic E-state index is 13.4. The summed E-state index contributed by atoms with van der Waals surface area (Å²) in [6.45, 7) is 5.93. The Morgan fingerprint density at radius 3 is 2.68 bits per heavy atom. The van der Waals surface area contributed by atoms with E-state index in [0.29, 0.717) is 13.2 Å². The lowest BCUT2D eigenvalue weighted by Gasteiger charge is -2.40. The Kier molecular flexibility index (Phi) is 4.88. The van der Waals surface area contributed by atoms with Crippen molar-refractivity contribution in [2.24, 2.45) is 0 Å². The lowest BCUT2D eigenvalue weighted by Crippen LogP contribution is -2.52. The zero-order valence-electron chi connectivity index (χ0n) is 14.6. The Morgan fingerprint density at radius 1 is 1.16 bits per heavy atom. The highest BCUT2D eigenvalue weighted by Gasteiger charge is 2.36. The molecule has 3 heterocycles. The standard InChI is InChI=1S/C20H24N2O2S/c1-15(21-10-12-24-13-11-21)20(23)22-9-7-18-17(8-14-25-18)19(22)16-5-3-2-4-6-16/h2-6,8,14-15,19H,7,9-13H2,1H3/t15-,19-/m1/s1. The van der Waals surface area contributed by atoms with E-state index in [9.17, 15) is 4.79 Å². The molecule has 0 unspecified atom stereocenters. The van der Waals surface area contributed by atoms with Crippen molar-refractivity contribution in [2.75, 3.05) is 32.8 Å². The summed E-state index contributed by atoms with van der Waals surface area (Å²) in [4.78, 5) is 19.1. The van der Waals surface area contributed by atoms with Gasteiger partial charge in [-0.25, -0.2) is 0 Å². The van der Waals surface area contributed by atoms with Crippen LogP contribution in [0.5, 0.6) is 0 Å². The number of rotatable bonds is 3. The quantitative estimate of drug-likeness (QED) is 0.848. The summed E-state index contributed by atoms with van der Waals surface area (Å²) in [5, 5.41) is 2.15. The van der Waals surface area contributed by atoms with Crippen LogP contribution in [0.4, 0.5) is 0 Å². The third-order valence-corrected chi connectivity index (χ3v) is 6.31. The topological polar surface area (TPSA) is 32.8 Å². The van der Waals surface area contributed by atoms with Crippen LogP contribution in [0.1, 0.15) is 29.0 Å².